The number of aryl methyl sites for hydroxylation is 1. The molecule has 0 radical (unpaired) electrons. The first-order valence-electron chi connectivity index (χ1n) is 6.04. The molecule has 2 aromatic carbocycles. The van der Waals surface area contributed by atoms with E-state index in [0.29, 0.717) is 22.4 Å². The van der Waals surface area contributed by atoms with E-state index in [1.165, 1.54) is 18.2 Å². The first-order valence-corrected chi connectivity index (χ1v) is 6.62. The van der Waals surface area contributed by atoms with Crippen molar-refractivity contribution >= 4 is 14.5 Å². The van der Waals surface area contributed by atoms with Crippen LogP contribution < -0.4 is 10.0 Å². The highest BCUT2D eigenvalue weighted by Crippen LogP contribution is 2.23. The first kappa shape index (κ1) is 15.6. The fraction of sp³-hybridized carbons (Fsp3) is 0.200. The van der Waals surface area contributed by atoms with Crippen molar-refractivity contribution in [2.75, 3.05) is 0 Å². The maximum atomic E-state index is 13.3. The number of hydrogen-bond donors (Lipinski definition) is 0. The number of benzene rings is 2. The van der Waals surface area contributed by atoms with E-state index in [2.05, 4.69) is 9.24 Å². The van der Waals surface area contributed by atoms with Crippen LogP contribution in [0.25, 0.3) is 0 Å². The molecule has 2 rings (SSSR count). The monoisotopic (exact) mass is 282 g/mol. The summed E-state index contributed by atoms with van der Waals surface area (Å²) in [6.07, 6.45) is 0. The third-order valence-electron chi connectivity index (χ3n) is 2.27. The quantitative estimate of drug-likeness (QED) is 0.732. The molecule has 0 aromatic heterocycles. The molecule has 1 unspecified atom stereocenters. The summed E-state index contributed by atoms with van der Waals surface area (Å²) in [6.45, 7) is 5.67. The molecular weight excluding hydrogens is 265 g/mol. The molecule has 0 aliphatic heterocycles. The average Bonchev–Trinajstić information content (AvgIpc) is 2.35. The van der Waals surface area contributed by atoms with E-state index in [1.54, 1.807) is 25.1 Å². The fourth-order valence-electron chi connectivity index (χ4n) is 1.42. The van der Waals surface area contributed by atoms with Gasteiger partial charge in [-0.1, -0.05) is 19.9 Å². The third kappa shape index (κ3) is 4.60. The molecule has 0 saturated carbocycles. The average molecular weight is 282 g/mol. The fourth-order valence-corrected chi connectivity index (χ4v) is 1.74. The molecule has 0 N–H and O–H groups in total. The standard InChI is InChI=1S/C13H11F2OP.C2H6/c1-8-2-3-10(7-13(8)15)16-11-4-9(14)5-12(17)6-11;1-2/h2-7H,17H2,1H3;1-2H3. The van der Waals surface area contributed by atoms with Crippen LogP contribution in [0.4, 0.5) is 8.78 Å². The Labute approximate surface area is 114 Å². The van der Waals surface area contributed by atoms with Gasteiger partial charge in [-0.2, -0.15) is 0 Å². The van der Waals surface area contributed by atoms with Gasteiger partial charge in [0.05, 0.1) is 0 Å². The maximum absolute atomic E-state index is 13.3. The maximum Gasteiger partial charge on any atom is 0.130 e. The van der Waals surface area contributed by atoms with Gasteiger partial charge in [0.15, 0.2) is 0 Å². The molecular formula is C15H17F2OP. The molecule has 0 saturated heterocycles. The summed E-state index contributed by atoms with van der Waals surface area (Å²) < 4.78 is 31.8. The summed E-state index contributed by atoms with van der Waals surface area (Å²) in [4.78, 5) is 0. The Morgan fingerprint density at radius 1 is 0.947 bits per heavy atom. The number of rotatable bonds is 2. The van der Waals surface area contributed by atoms with Crippen LogP contribution in [0.2, 0.25) is 0 Å². The first-order chi connectivity index (χ1) is 9.04. The van der Waals surface area contributed by atoms with Gasteiger partial charge in [-0.05, 0) is 36.0 Å². The molecule has 1 atom stereocenters. The van der Waals surface area contributed by atoms with Crippen molar-refractivity contribution in [2.45, 2.75) is 20.8 Å². The molecule has 1 nitrogen and oxygen atoms in total. The Balaban J connectivity index is 0.000000861. The van der Waals surface area contributed by atoms with Crippen LogP contribution in [-0.2, 0) is 0 Å². The summed E-state index contributed by atoms with van der Waals surface area (Å²) in [5.41, 5.74) is 0.545. The zero-order valence-electron chi connectivity index (χ0n) is 11.2. The lowest BCUT2D eigenvalue weighted by Crippen LogP contribution is -1.95. The molecule has 4 heteroatoms. The summed E-state index contributed by atoms with van der Waals surface area (Å²) in [6, 6.07) is 8.82. The van der Waals surface area contributed by atoms with Crippen LogP contribution in [0.5, 0.6) is 11.5 Å². The minimum absolute atomic E-state index is 0.343. The highest BCUT2D eigenvalue weighted by molar-refractivity contribution is 7.27. The topological polar surface area (TPSA) is 9.23 Å². The lowest BCUT2D eigenvalue weighted by molar-refractivity contribution is 0.471. The van der Waals surface area contributed by atoms with Crippen molar-refractivity contribution in [1.82, 2.24) is 0 Å². The molecule has 0 aliphatic rings. The molecule has 19 heavy (non-hydrogen) atoms. The van der Waals surface area contributed by atoms with Gasteiger partial charge >= 0.3 is 0 Å². The van der Waals surface area contributed by atoms with E-state index in [-0.39, 0.29) is 11.6 Å². The molecule has 0 bridgehead atoms. The van der Waals surface area contributed by atoms with Crippen LogP contribution in [0, 0.1) is 18.6 Å². The highest BCUT2D eigenvalue weighted by Gasteiger charge is 2.03. The smallest absolute Gasteiger partial charge is 0.130 e. The zero-order valence-corrected chi connectivity index (χ0v) is 12.4. The van der Waals surface area contributed by atoms with Gasteiger partial charge in [-0.25, -0.2) is 8.78 Å². The molecule has 2 aromatic rings. The Hall–Kier alpha value is -1.47. The SMILES string of the molecule is CC.Cc1ccc(Oc2cc(F)cc(P)c2)cc1F. The van der Waals surface area contributed by atoms with Gasteiger partial charge in [-0.3, -0.25) is 0 Å². The minimum atomic E-state index is -0.389. The summed E-state index contributed by atoms with van der Waals surface area (Å²) in [5, 5.41) is 0.674. The summed E-state index contributed by atoms with van der Waals surface area (Å²) in [5.74, 6) is -0.0357. The van der Waals surface area contributed by atoms with Crippen molar-refractivity contribution in [3.05, 3.63) is 53.6 Å². The van der Waals surface area contributed by atoms with Gasteiger partial charge in [0, 0.05) is 12.1 Å². The van der Waals surface area contributed by atoms with E-state index < -0.39 is 0 Å². The lowest BCUT2D eigenvalue weighted by Gasteiger charge is -2.07. The zero-order chi connectivity index (χ0) is 14.4. The second-order valence-corrected chi connectivity index (χ2v) is 4.40. The van der Waals surface area contributed by atoms with Crippen molar-refractivity contribution in [3.63, 3.8) is 0 Å². The van der Waals surface area contributed by atoms with Gasteiger partial charge in [-0.15, -0.1) is 9.24 Å². The van der Waals surface area contributed by atoms with E-state index in [0.717, 1.165) is 0 Å². The Morgan fingerprint density at radius 3 is 2.21 bits per heavy atom. The molecule has 0 spiro atoms. The lowest BCUT2D eigenvalue weighted by atomic mass is 10.2. The summed E-state index contributed by atoms with van der Waals surface area (Å²) >= 11 is 0. The van der Waals surface area contributed by atoms with Crippen LogP contribution in [0.15, 0.2) is 36.4 Å². The highest BCUT2D eigenvalue weighted by atomic mass is 31.0. The van der Waals surface area contributed by atoms with Crippen LogP contribution in [-0.4, -0.2) is 0 Å². The third-order valence-corrected chi connectivity index (χ3v) is 2.61. The largest absolute Gasteiger partial charge is 0.457 e. The number of halogens is 2. The molecule has 0 fully saturated rings. The second kappa shape index (κ2) is 7.20. The van der Waals surface area contributed by atoms with Gasteiger partial charge in [0.2, 0.25) is 0 Å². The predicted molar refractivity (Wildman–Crippen MR) is 78.3 cm³/mol. The van der Waals surface area contributed by atoms with Crippen LogP contribution >= 0.6 is 9.24 Å². The number of ether oxygens (including phenoxy) is 1. The van der Waals surface area contributed by atoms with Crippen LogP contribution in [0.1, 0.15) is 19.4 Å². The Kier molecular flexibility index (Phi) is 5.91. The van der Waals surface area contributed by atoms with Crippen molar-refractivity contribution < 1.29 is 13.5 Å². The molecule has 0 heterocycles. The van der Waals surface area contributed by atoms with E-state index in [9.17, 15) is 8.78 Å². The predicted octanol–water partition coefficient (Wildman–Crippen LogP) is 4.59. The Morgan fingerprint density at radius 2 is 1.63 bits per heavy atom. The van der Waals surface area contributed by atoms with Gasteiger partial charge in [0.1, 0.15) is 23.1 Å². The van der Waals surface area contributed by atoms with Crippen LogP contribution in [0.3, 0.4) is 0 Å². The molecule has 0 aliphatic carbocycles. The van der Waals surface area contributed by atoms with Gasteiger partial charge in [0.25, 0.3) is 0 Å². The van der Waals surface area contributed by atoms with Crippen molar-refractivity contribution in [1.29, 1.82) is 0 Å². The number of hydrogen-bond acceptors (Lipinski definition) is 1. The van der Waals surface area contributed by atoms with Crippen molar-refractivity contribution in [2.24, 2.45) is 0 Å². The van der Waals surface area contributed by atoms with E-state index in [1.807, 2.05) is 13.8 Å². The molecule has 0 amide bonds. The van der Waals surface area contributed by atoms with Crippen molar-refractivity contribution in [3.8, 4) is 11.5 Å². The van der Waals surface area contributed by atoms with E-state index in [4.69, 9.17) is 4.74 Å². The second-order valence-electron chi connectivity index (χ2n) is 3.73. The van der Waals surface area contributed by atoms with Gasteiger partial charge < -0.3 is 4.74 Å². The molecule has 102 valence electrons. The minimum Gasteiger partial charge on any atom is -0.457 e. The normalized spacial score (nSPS) is 9.58. The Bertz CT molecular complexity index is 536. The summed E-state index contributed by atoms with van der Waals surface area (Å²) in [7, 11) is 2.39. The van der Waals surface area contributed by atoms with E-state index >= 15 is 0 Å².